The Labute approximate surface area is 198 Å². The summed E-state index contributed by atoms with van der Waals surface area (Å²) < 4.78 is 17.2. The van der Waals surface area contributed by atoms with Crippen LogP contribution in [0.2, 0.25) is 0 Å². The maximum atomic E-state index is 12.5. The van der Waals surface area contributed by atoms with Gasteiger partial charge < -0.3 is 19.1 Å². The van der Waals surface area contributed by atoms with E-state index >= 15 is 0 Å². The molecule has 0 amide bonds. The predicted molar refractivity (Wildman–Crippen MR) is 135 cm³/mol. The number of rotatable bonds is 11. The maximum Gasteiger partial charge on any atom is 0.334 e. The second-order valence-electron chi connectivity index (χ2n) is 8.31. The molecule has 0 bridgehead atoms. The van der Waals surface area contributed by atoms with E-state index in [-0.39, 0.29) is 12.3 Å². The van der Waals surface area contributed by atoms with Crippen molar-refractivity contribution in [3.63, 3.8) is 0 Å². The molecule has 5 nitrogen and oxygen atoms in total. The summed E-state index contributed by atoms with van der Waals surface area (Å²) in [7, 11) is 0. The first kappa shape index (κ1) is 24.8. The summed E-state index contributed by atoms with van der Waals surface area (Å²) in [4.78, 5) is 14.9. The Bertz CT molecular complexity index is 953. The van der Waals surface area contributed by atoms with E-state index in [0.29, 0.717) is 19.6 Å². The number of anilines is 1. The maximum absolute atomic E-state index is 12.5. The molecule has 1 aliphatic rings. The molecular weight excluding hydrogens is 414 g/mol. The second-order valence-corrected chi connectivity index (χ2v) is 8.31. The Morgan fingerprint density at radius 1 is 1.09 bits per heavy atom. The minimum Gasteiger partial charge on any atom is -0.465 e. The van der Waals surface area contributed by atoms with Crippen molar-refractivity contribution in [1.29, 1.82) is 0 Å². The smallest absolute Gasteiger partial charge is 0.334 e. The quantitative estimate of drug-likeness (QED) is 0.223. The van der Waals surface area contributed by atoms with Crippen molar-refractivity contribution in [2.75, 3.05) is 31.2 Å². The molecule has 2 aromatic rings. The van der Waals surface area contributed by atoms with E-state index in [9.17, 15) is 4.79 Å². The van der Waals surface area contributed by atoms with Crippen LogP contribution in [0.1, 0.15) is 58.9 Å². The molecule has 1 atom stereocenters. The number of hydrogen-bond donors (Lipinski definition) is 0. The fourth-order valence-electron chi connectivity index (χ4n) is 4.06. The number of carbonyl (C=O) groups excluding carboxylic acids is 1. The first-order valence-corrected chi connectivity index (χ1v) is 12.2. The van der Waals surface area contributed by atoms with Gasteiger partial charge in [-0.15, -0.1) is 0 Å². The SMILES string of the molecule is CCCCOC(C)Oc1ccccc1-c1ccc2c(c1)C=C(C(=O)OCC)CCN2CCC. The van der Waals surface area contributed by atoms with E-state index in [1.165, 1.54) is 0 Å². The Morgan fingerprint density at radius 3 is 2.67 bits per heavy atom. The number of unbranched alkanes of at least 4 members (excludes halogenated alkanes) is 1. The molecule has 178 valence electrons. The summed E-state index contributed by atoms with van der Waals surface area (Å²) in [6.07, 6.45) is 5.50. The Morgan fingerprint density at radius 2 is 1.91 bits per heavy atom. The van der Waals surface area contributed by atoms with E-state index in [1.54, 1.807) is 0 Å². The van der Waals surface area contributed by atoms with Crippen LogP contribution < -0.4 is 9.64 Å². The molecule has 33 heavy (non-hydrogen) atoms. The van der Waals surface area contributed by atoms with Crippen LogP contribution in [0, 0.1) is 0 Å². The highest BCUT2D eigenvalue weighted by atomic mass is 16.7. The van der Waals surface area contributed by atoms with Crippen LogP contribution in [0.3, 0.4) is 0 Å². The Kier molecular flexibility index (Phi) is 9.37. The van der Waals surface area contributed by atoms with Gasteiger partial charge in [-0.1, -0.05) is 44.5 Å². The standard InChI is InChI=1S/C28H37NO4/c1-5-8-18-32-21(4)33-27-12-10-9-11-25(27)22-13-14-26-24(19-22)20-23(28(30)31-7-3)15-17-29(26)16-6-2/h9-14,19-21H,5-8,15-18H2,1-4H3. The molecule has 0 saturated carbocycles. The monoisotopic (exact) mass is 451 g/mol. The van der Waals surface area contributed by atoms with Gasteiger partial charge in [0.15, 0.2) is 6.29 Å². The highest BCUT2D eigenvalue weighted by Crippen LogP contribution is 2.36. The zero-order valence-corrected chi connectivity index (χ0v) is 20.4. The number of benzene rings is 2. The van der Waals surface area contributed by atoms with Gasteiger partial charge in [0.1, 0.15) is 5.75 Å². The lowest BCUT2D eigenvalue weighted by molar-refractivity contribution is -0.138. The summed E-state index contributed by atoms with van der Waals surface area (Å²) in [6.45, 7) is 10.9. The molecular formula is C28H37NO4. The van der Waals surface area contributed by atoms with E-state index in [4.69, 9.17) is 14.2 Å². The van der Waals surface area contributed by atoms with Crippen molar-refractivity contribution < 1.29 is 19.0 Å². The normalized spacial score (nSPS) is 14.2. The van der Waals surface area contributed by atoms with Gasteiger partial charge in [0.05, 0.1) is 13.2 Å². The second kappa shape index (κ2) is 12.4. The average Bonchev–Trinajstić information content (AvgIpc) is 2.99. The van der Waals surface area contributed by atoms with Gasteiger partial charge >= 0.3 is 5.97 Å². The summed E-state index contributed by atoms with van der Waals surface area (Å²) in [6, 6.07) is 14.5. The molecule has 0 N–H and O–H groups in total. The number of hydrogen-bond acceptors (Lipinski definition) is 5. The highest BCUT2D eigenvalue weighted by molar-refractivity contribution is 5.96. The number of ether oxygens (including phenoxy) is 3. The number of carbonyl (C=O) groups is 1. The minimum atomic E-state index is -0.325. The third-order valence-corrected chi connectivity index (χ3v) is 5.72. The number of nitrogens with zero attached hydrogens (tertiary/aromatic N) is 1. The lowest BCUT2D eigenvalue weighted by Crippen LogP contribution is -2.25. The molecule has 0 aromatic heterocycles. The van der Waals surface area contributed by atoms with Crippen LogP contribution in [0.5, 0.6) is 5.75 Å². The molecule has 0 aliphatic carbocycles. The zero-order chi connectivity index (χ0) is 23.6. The minimum absolute atomic E-state index is 0.228. The molecule has 2 aromatic carbocycles. The predicted octanol–water partition coefficient (Wildman–Crippen LogP) is 6.46. The molecule has 0 radical (unpaired) electrons. The largest absolute Gasteiger partial charge is 0.465 e. The lowest BCUT2D eigenvalue weighted by atomic mass is 9.99. The molecule has 1 heterocycles. The van der Waals surface area contributed by atoms with Crippen molar-refractivity contribution in [2.24, 2.45) is 0 Å². The van der Waals surface area contributed by atoms with Gasteiger partial charge in [-0.25, -0.2) is 4.79 Å². The molecule has 5 heteroatoms. The van der Waals surface area contributed by atoms with Crippen molar-refractivity contribution in [2.45, 2.75) is 59.7 Å². The van der Waals surface area contributed by atoms with Gasteiger partial charge in [0.2, 0.25) is 0 Å². The molecule has 0 fully saturated rings. The topological polar surface area (TPSA) is 48.0 Å². The van der Waals surface area contributed by atoms with Crippen LogP contribution in [0.15, 0.2) is 48.0 Å². The van der Waals surface area contributed by atoms with E-state index in [2.05, 4.69) is 43.0 Å². The van der Waals surface area contributed by atoms with Crippen LogP contribution in [0.4, 0.5) is 5.69 Å². The van der Waals surface area contributed by atoms with Crippen LogP contribution in [0.25, 0.3) is 17.2 Å². The number of fused-ring (bicyclic) bond motifs is 1. The van der Waals surface area contributed by atoms with E-state index in [0.717, 1.165) is 66.1 Å². The third-order valence-electron chi connectivity index (χ3n) is 5.72. The number of esters is 1. The average molecular weight is 452 g/mol. The number of para-hydroxylation sites is 1. The molecule has 1 unspecified atom stereocenters. The van der Waals surface area contributed by atoms with Gasteiger partial charge in [-0.05, 0) is 68.5 Å². The van der Waals surface area contributed by atoms with Gasteiger partial charge in [-0.3, -0.25) is 0 Å². The van der Waals surface area contributed by atoms with Gasteiger partial charge in [0.25, 0.3) is 0 Å². The van der Waals surface area contributed by atoms with Crippen molar-refractivity contribution >= 4 is 17.7 Å². The zero-order valence-electron chi connectivity index (χ0n) is 20.4. The van der Waals surface area contributed by atoms with E-state index in [1.807, 2.05) is 38.1 Å². The van der Waals surface area contributed by atoms with Crippen molar-refractivity contribution in [1.82, 2.24) is 0 Å². The Hall–Kier alpha value is -2.79. The van der Waals surface area contributed by atoms with Crippen LogP contribution >= 0.6 is 0 Å². The van der Waals surface area contributed by atoms with Crippen LogP contribution in [-0.2, 0) is 14.3 Å². The summed E-state index contributed by atoms with van der Waals surface area (Å²) in [5.74, 6) is 0.559. The van der Waals surface area contributed by atoms with Gasteiger partial charge in [0, 0.05) is 29.9 Å². The molecule has 0 saturated heterocycles. The molecule has 3 rings (SSSR count). The first-order valence-electron chi connectivity index (χ1n) is 12.2. The first-order chi connectivity index (χ1) is 16.1. The van der Waals surface area contributed by atoms with Crippen molar-refractivity contribution in [3.8, 4) is 16.9 Å². The van der Waals surface area contributed by atoms with E-state index < -0.39 is 0 Å². The fraction of sp³-hybridized carbons (Fsp3) is 0.464. The molecule has 0 spiro atoms. The third kappa shape index (κ3) is 6.61. The lowest BCUT2D eigenvalue weighted by Gasteiger charge is -2.25. The summed E-state index contributed by atoms with van der Waals surface area (Å²) in [5.41, 5.74) is 4.95. The van der Waals surface area contributed by atoms with Gasteiger partial charge in [-0.2, -0.15) is 0 Å². The molecule has 1 aliphatic heterocycles. The Balaban J connectivity index is 1.95. The fourth-order valence-corrected chi connectivity index (χ4v) is 4.06. The highest BCUT2D eigenvalue weighted by Gasteiger charge is 2.21. The van der Waals surface area contributed by atoms with Crippen molar-refractivity contribution in [3.05, 3.63) is 53.6 Å². The van der Waals surface area contributed by atoms with Crippen LogP contribution in [-0.4, -0.2) is 38.6 Å². The summed E-state index contributed by atoms with van der Waals surface area (Å²) in [5, 5.41) is 0. The summed E-state index contributed by atoms with van der Waals surface area (Å²) >= 11 is 0.